The number of nitrogens with zero attached hydrogens (tertiary/aromatic N) is 3. The Hall–Kier alpha value is -2.58. The molecule has 1 aromatic carbocycles. The van der Waals surface area contributed by atoms with Gasteiger partial charge in [-0.15, -0.1) is 11.8 Å². The summed E-state index contributed by atoms with van der Waals surface area (Å²) in [5, 5.41) is 6.97. The number of nitrogens with one attached hydrogen (secondary N) is 2. The summed E-state index contributed by atoms with van der Waals surface area (Å²) < 4.78 is 0. The van der Waals surface area contributed by atoms with E-state index in [1.54, 1.807) is 16.7 Å². The first kappa shape index (κ1) is 23.6. The number of pyridine rings is 1. The van der Waals surface area contributed by atoms with E-state index in [2.05, 4.69) is 44.8 Å². The minimum Gasteiger partial charge on any atom is -0.353 e. The fraction of sp³-hybridized carbons (Fsp3) is 0.480. The molecule has 2 aliphatic rings. The Labute approximate surface area is 200 Å². The van der Waals surface area contributed by atoms with E-state index < -0.39 is 0 Å². The number of amides is 3. The molecule has 0 radical (unpaired) electrons. The Morgan fingerprint density at radius 2 is 1.88 bits per heavy atom. The highest BCUT2D eigenvalue weighted by molar-refractivity contribution is 7.99. The minimum atomic E-state index is -0.160. The molecule has 0 atom stereocenters. The number of anilines is 1. The lowest BCUT2D eigenvalue weighted by Crippen LogP contribution is -2.46. The van der Waals surface area contributed by atoms with Crippen molar-refractivity contribution >= 4 is 29.4 Å². The van der Waals surface area contributed by atoms with Gasteiger partial charge in [-0.3, -0.25) is 14.6 Å². The van der Waals surface area contributed by atoms with E-state index in [0.29, 0.717) is 13.1 Å². The summed E-state index contributed by atoms with van der Waals surface area (Å²) in [4.78, 5) is 34.0. The zero-order chi connectivity index (χ0) is 23.2. The summed E-state index contributed by atoms with van der Waals surface area (Å²) in [5.74, 6) is 0.819. The Morgan fingerprint density at radius 1 is 1.12 bits per heavy atom. The van der Waals surface area contributed by atoms with Gasteiger partial charge in [0, 0.05) is 56.6 Å². The molecular weight excluding hydrogens is 434 g/mol. The number of thioether (sulfide) groups is 1. The molecule has 1 aromatic heterocycles. The molecule has 0 unspecified atom stereocenters. The van der Waals surface area contributed by atoms with Crippen molar-refractivity contribution in [1.29, 1.82) is 0 Å². The second-order valence-corrected chi connectivity index (χ2v) is 9.90. The van der Waals surface area contributed by atoms with E-state index in [0.717, 1.165) is 60.2 Å². The minimum absolute atomic E-state index is 0.000110. The maximum atomic E-state index is 12.8. The molecule has 3 amide bonds. The molecule has 1 saturated heterocycles. The van der Waals surface area contributed by atoms with Crippen molar-refractivity contribution in [3.63, 3.8) is 0 Å². The molecule has 1 fully saturated rings. The van der Waals surface area contributed by atoms with Gasteiger partial charge < -0.3 is 10.6 Å². The van der Waals surface area contributed by atoms with Crippen molar-refractivity contribution in [3.8, 4) is 0 Å². The van der Waals surface area contributed by atoms with Crippen molar-refractivity contribution in [1.82, 2.24) is 20.5 Å². The maximum absolute atomic E-state index is 12.8. The van der Waals surface area contributed by atoms with Crippen LogP contribution in [0.2, 0.25) is 0 Å². The highest BCUT2D eigenvalue weighted by atomic mass is 32.2. The molecule has 4 rings (SSSR count). The van der Waals surface area contributed by atoms with Gasteiger partial charge in [-0.25, -0.2) is 9.78 Å². The molecule has 7 nitrogen and oxygen atoms in total. The lowest BCUT2D eigenvalue weighted by molar-refractivity contribution is -0.122. The molecule has 0 aliphatic carbocycles. The van der Waals surface area contributed by atoms with Crippen LogP contribution in [0.4, 0.5) is 10.5 Å². The van der Waals surface area contributed by atoms with Gasteiger partial charge in [0.15, 0.2) is 0 Å². The van der Waals surface area contributed by atoms with Gasteiger partial charge in [-0.2, -0.15) is 0 Å². The summed E-state index contributed by atoms with van der Waals surface area (Å²) in [7, 11) is 0. The molecule has 3 heterocycles. The first-order valence-corrected chi connectivity index (χ1v) is 12.7. The molecule has 2 aliphatic heterocycles. The number of carbonyl (C=O) groups is 2. The quantitative estimate of drug-likeness (QED) is 0.680. The van der Waals surface area contributed by atoms with Gasteiger partial charge in [0.25, 0.3) is 0 Å². The fourth-order valence-electron chi connectivity index (χ4n) is 4.53. The highest BCUT2D eigenvalue weighted by Gasteiger charge is 2.26. The van der Waals surface area contributed by atoms with Crippen molar-refractivity contribution in [2.45, 2.75) is 50.7 Å². The predicted octanol–water partition coefficient (Wildman–Crippen LogP) is 3.49. The Balaban J connectivity index is 1.18. The standard InChI is InChI=1S/C25H33N5O2S/c1-18-16-19(2)27-24-23(18)30(14-15-33-24)25(32)26-11-8-22(31)28-21-9-12-29(13-10-21)17-20-6-4-3-5-7-20/h3-7,16,21H,8-15,17H2,1-2H3,(H,26,32)(H,28,31). The number of hydrogen-bond donors (Lipinski definition) is 2. The van der Waals surface area contributed by atoms with Crippen LogP contribution in [0.15, 0.2) is 41.4 Å². The molecule has 2 aromatic rings. The van der Waals surface area contributed by atoms with Gasteiger partial charge >= 0.3 is 6.03 Å². The molecule has 0 saturated carbocycles. The monoisotopic (exact) mass is 467 g/mol. The van der Waals surface area contributed by atoms with E-state index in [1.807, 2.05) is 26.0 Å². The Kier molecular flexibility index (Phi) is 7.88. The summed E-state index contributed by atoms with van der Waals surface area (Å²) in [6, 6.07) is 12.5. The third kappa shape index (κ3) is 6.26. The van der Waals surface area contributed by atoms with Crippen LogP contribution in [0.3, 0.4) is 0 Å². The van der Waals surface area contributed by atoms with Crippen LogP contribution in [0, 0.1) is 13.8 Å². The number of urea groups is 1. The average Bonchev–Trinajstić information content (AvgIpc) is 2.80. The molecule has 8 heteroatoms. The van der Waals surface area contributed by atoms with Crippen molar-refractivity contribution in [2.75, 3.05) is 36.8 Å². The largest absolute Gasteiger partial charge is 0.353 e. The normalized spacial score (nSPS) is 16.8. The lowest BCUT2D eigenvalue weighted by Gasteiger charge is -2.32. The zero-order valence-corrected chi connectivity index (χ0v) is 20.3. The molecule has 0 bridgehead atoms. The maximum Gasteiger partial charge on any atom is 0.322 e. The molecule has 33 heavy (non-hydrogen) atoms. The number of aryl methyl sites for hydroxylation is 2. The van der Waals surface area contributed by atoms with Gasteiger partial charge in [0.1, 0.15) is 5.03 Å². The van der Waals surface area contributed by atoms with Crippen molar-refractivity contribution in [3.05, 3.63) is 53.2 Å². The number of aromatic nitrogens is 1. The number of benzene rings is 1. The van der Waals surface area contributed by atoms with Crippen LogP contribution >= 0.6 is 11.8 Å². The molecule has 2 N–H and O–H groups in total. The van der Waals surface area contributed by atoms with Crippen molar-refractivity contribution < 1.29 is 9.59 Å². The number of hydrogen-bond acceptors (Lipinski definition) is 5. The first-order valence-electron chi connectivity index (χ1n) is 11.7. The summed E-state index contributed by atoms with van der Waals surface area (Å²) >= 11 is 1.69. The second kappa shape index (κ2) is 11.0. The highest BCUT2D eigenvalue weighted by Crippen LogP contribution is 2.36. The fourth-order valence-corrected chi connectivity index (χ4v) is 5.61. The van der Waals surface area contributed by atoms with E-state index in [4.69, 9.17) is 0 Å². The van der Waals surface area contributed by atoms with Gasteiger partial charge in [-0.1, -0.05) is 30.3 Å². The van der Waals surface area contributed by atoms with Crippen LogP contribution in [-0.2, 0) is 11.3 Å². The number of piperidine rings is 1. The zero-order valence-electron chi connectivity index (χ0n) is 19.5. The van der Waals surface area contributed by atoms with Crippen LogP contribution in [0.1, 0.15) is 36.1 Å². The van der Waals surface area contributed by atoms with Gasteiger partial charge in [-0.05, 0) is 43.9 Å². The van der Waals surface area contributed by atoms with Gasteiger partial charge in [0.05, 0.1) is 5.69 Å². The number of fused-ring (bicyclic) bond motifs is 1. The number of carbonyl (C=O) groups excluding carboxylic acids is 2. The van der Waals surface area contributed by atoms with Crippen LogP contribution in [0.5, 0.6) is 0 Å². The van der Waals surface area contributed by atoms with Gasteiger partial charge in [0.2, 0.25) is 5.91 Å². The van der Waals surface area contributed by atoms with Crippen LogP contribution < -0.4 is 15.5 Å². The second-order valence-electron chi connectivity index (χ2n) is 8.82. The smallest absolute Gasteiger partial charge is 0.322 e. The third-order valence-corrected chi connectivity index (χ3v) is 7.12. The van der Waals surface area contributed by atoms with E-state index in [1.165, 1.54) is 5.56 Å². The molecular formula is C25H33N5O2S. The van der Waals surface area contributed by atoms with E-state index in [9.17, 15) is 9.59 Å². The van der Waals surface area contributed by atoms with Crippen molar-refractivity contribution in [2.24, 2.45) is 0 Å². The Bertz CT molecular complexity index is 976. The average molecular weight is 468 g/mol. The SMILES string of the molecule is Cc1cc(C)c2c(n1)SCCN2C(=O)NCCC(=O)NC1CCN(Cc2ccccc2)CC1. The van der Waals surface area contributed by atoms with E-state index >= 15 is 0 Å². The number of likely N-dealkylation sites (tertiary alicyclic amines) is 1. The van der Waals surface area contributed by atoms with Crippen LogP contribution in [-0.4, -0.2) is 59.8 Å². The molecule has 0 spiro atoms. The third-order valence-electron chi connectivity index (χ3n) is 6.18. The Morgan fingerprint density at radius 3 is 2.64 bits per heavy atom. The molecule has 176 valence electrons. The first-order chi connectivity index (χ1) is 16.0. The summed E-state index contributed by atoms with van der Waals surface area (Å²) in [6.45, 7) is 7.88. The van der Waals surface area contributed by atoms with E-state index in [-0.39, 0.29) is 24.4 Å². The predicted molar refractivity (Wildman–Crippen MR) is 133 cm³/mol. The van der Waals surface area contributed by atoms with Crippen LogP contribution in [0.25, 0.3) is 0 Å². The lowest BCUT2D eigenvalue weighted by atomic mass is 10.0. The summed E-state index contributed by atoms with van der Waals surface area (Å²) in [5.41, 5.74) is 4.23. The summed E-state index contributed by atoms with van der Waals surface area (Å²) in [6.07, 6.45) is 2.20. The topological polar surface area (TPSA) is 77.6 Å². The number of rotatable bonds is 6.